The van der Waals surface area contributed by atoms with E-state index >= 15 is 0 Å². The Labute approximate surface area is 111 Å². The van der Waals surface area contributed by atoms with Crippen molar-refractivity contribution in [2.24, 2.45) is 0 Å². The predicted molar refractivity (Wildman–Crippen MR) is 72.5 cm³/mol. The fourth-order valence-electron chi connectivity index (χ4n) is 2.22. The molecule has 0 saturated heterocycles. The normalized spacial score (nSPS) is 10.8. The van der Waals surface area contributed by atoms with E-state index in [0.29, 0.717) is 0 Å². The largest absolute Gasteiger partial charge is 0.232 e. The molecule has 19 heavy (non-hydrogen) atoms. The van der Waals surface area contributed by atoms with Gasteiger partial charge in [-0.05, 0) is 21.6 Å². The maximum Gasteiger partial charge on any atom is 0.138 e. The maximum atomic E-state index is 3.96. The van der Waals surface area contributed by atoms with Gasteiger partial charge in [-0.2, -0.15) is 0 Å². The van der Waals surface area contributed by atoms with Crippen LogP contribution in [0.1, 0.15) is 17.0 Å². The van der Waals surface area contributed by atoms with Crippen LogP contribution in [0.5, 0.6) is 0 Å². The molecule has 0 radical (unpaired) electrons. The lowest BCUT2D eigenvalue weighted by Crippen LogP contribution is -2.11. The first-order valence-electron chi connectivity index (χ1n) is 6.24. The first-order valence-corrected chi connectivity index (χ1v) is 6.24. The van der Waals surface area contributed by atoms with Crippen molar-refractivity contribution in [1.29, 1.82) is 0 Å². The molecule has 0 aliphatic heterocycles. The standard InChI is InChI=1S/C15H14N4/c1-3-7-13(8-4-1)15(11-19-12-16-17-18-19)14-9-5-2-6-10-14/h1-10,12,15H,11H2. The molecule has 0 aliphatic carbocycles. The molecular formula is C15H14N4. The fraction of sp³-hybridized carbons (Fsp3) is 0.133. The van der Waals surface area contributed by atoms with Gasteiger partial charge in [0.05, 0.1) is 6.54 Å². The van der Waals surface area contributed by atoms with Crippen molar-refractivity contribution in [1.82, 2.24) is 20.2 Å². The first-order chi connectivity index (χ1) is 9.43. The summed E-state index contributed by atoms with van der Waals surface area (Å²) in [5.74, 6) is 0.255. The molecule has 3 rings (SSSR count). The Hall–Kier alpha value is -2.49. The van der Waals surface area contributed by atoms with E-state index in [4.69, 9.17) is 0 Å². The Morgan fingerprint density at radius 1 is 0.842 bits per heavy atom. The van der Waals surface area contributed by atoms with Crippen LogP contribution in [0.2, 0.25) is 0 Å². The van der Waals surface area contributed by atoms with Crippen LogP contribution in [0.4, 0.5) is 0 Å². The van der Waals surface area contributed by atoms with Crippen LogP contribution in [-0.2, 0) is 6.54 Å². The van der Waals surface area contributed by atoms with Gasteiger partial charge in [0.1, 0.15) is 6.33 Å². The average Bonchev–Trinajstić information content (AvgIpc) is 3.00. The summed E-state index contributed by atoms with van der Waals surface area (Å²) >= 11 is 0. The molecule has 3 aromatic rings. The van der Waals surface area contributed by atoms with Crippen molar-refractivity contribution in [3.8, 4) is 0 Å². The summed E-state index contributed by atoms with van der Waals surface area (Å²) in [6, 6.07) is 20.9. The van der Waals surface area contributed by atoms with Crippen LogP contribution in [-0.4, -0.2) is 20.2 Å². The molecule has 0 N–H and O–H groups in total. The highest BCUT2D eigenvalue weighted by Crippen LogP contribution is 2.25. The van der Waals surface area contributed by atoms with Crippen LogP contribution in [0.3, 0.4) is 0 Å². The summed E-state index contributed by atoms with van der Waals surface area (Å²) in [6.45, 7) is 0.737. The molecule has 1 heterocycles. The second-order valence-electron chi connectivity index (χ2n) is 4.41. The lowest BCUT2D eigenvalue weighted by molar-refractivity contribution is 0.544. The summed E-state index contributed by atoms with van der Waals surface area (Å²) in [4.78, 5) is 0. The summed E-state index contributed by atoms with van der Waals surface area (Å²) in [5, 5.41) is 11.4. The van der Waals surface area contributed by atoms with E-state index < -0.39 is 0 Å². The van der Waals surface area contributed by atoms with E-state index in [2.05, 4.69) is 64.1 Å². The number of benzene rings is 2. The van der Waals surface area contributed by atoms with Crippen LogP contribution in [0, 0.1) is 0 Å². The van der Waals surface area contributed by atoms with E-state index in [0.717, 1.165) is 6.54 Å². The Morgan fingerprint density at radius 3 is 1.89 bits per heavy atom. The molecule has 1 aromatic heterocycles. The molecule has 0 aliphatic rings. The van der Waals surface area contributed by atoms with Gasteiger partial charge in [-0.3, -0.25) is 0 Å². The molecule has 0 saturated carbocycles. The maximum absolute atomic E-state index is 3.96. The van der Waals surface area contributed by atoms with Gasteiger partial charge in [-0.25, -0.2) is 4.68 Å². The van der Waals surface area contributed by atoms with Gasteiger partial charge in [-0.1, -0.05) is 60.7 Å². The summed E-state index contributed by atoms with van der Waals surface area (Å²) < 4.78 is 1.77. The molecule has 0 spiro atoms. The number of hydrogen-bond acceptors (Lipinski definition) is 3. The van der Waals surface area contributed by atoms with Gasteiger partial charge in [0.2, 0.25) is 0 Å². The lowest BCUT2D eigenvalue weighted by atomic mass is 9.91. The zero-order valence-corrected chi connectivity index (χ0v) is 10.4. The topological polar surface area (TPSA) is 43.6 Å². The minimum Gasteiger partial charge on any atom is -0.232 e. The monoisotopic (exact) mass is 250 g/mol. The molecule has 0 amide bonds. The highest BCUT2D eigenvalue weighted by molar-refractivity contribution is 5.32. The molecule has 94 valence electrons. The van der Waals surface area contributed by atoms with Crippen LogP contribution < -0.4 is 0 Å². The second kappa shape index (κ2) is 5.44. The van der Waals surface area contributed by atoms with Crippen LogP contribution in [0.15, 0.2) is 67.0 Å². The molecule has 0 bridgehead atoms. The molecule has 4 nitrogen and oxygen atoms in total. The quantitative estimate of drug-likeness (QED) is 0.714. The van der Waals surface area contributed by atoms with Crippen molar-refractivity contribution >= 4 is 0 Å². The van der Waals surface area contributed by atoms with Gasteiger partial charge >= 0.3 is 0 Å². The van der Waals surface area contributed by atoms with Crippen molar-refractivity contribution in [3.63, 3.8) is 0 Å². The smallest absolute Gasteiger partial charge is 0.138 e. The van der Waals surface area contributed by atoms with Crippen molar-refractivity contribution < 1.29 is 0 Å². The van der Waals surface area contributed by atoms with Crippen molar-refractivity contribution in [2.75, 3.05) is 0 Å². The van der Waals surface area contributed by atoms with Crippen LogP contribution in [0.25, 0.3) is 0 Å². The van der Waals surface area contributed by atoms with Gasteiger partial charge in [0.25, 0.3) is 0 Å². The zero-order valence-electron chi connectivity index (χ0n) is 10.4. The van der Waals surface area contributed by atoms with Gasteiger partial charge in [-0.15, -0.1) is 5.10 Å². The van der Waals surface area contributed by atoms with E-state index in [1.54, 1.807) is 11.0 Å². The van der Waals surface area contributed by atoms with Crippen molar-refractivity contribution in [2.45, 2.75) is 12.5 Å². The summed E-state index contributed by atoms with van der Waals surface area (Å²) in [7, 11) is 0. The van der Waals surface area contributed by atoms with Gasteiger partial charge in [0.15, 0.2) is 0 Å². The van der Waals surface area contributed by atoms with Gasteiger partial charge in [0, 0.05) is 5.92 Å². The number of aromatic nitrogens is 4. The number of tetrazole rings is 1. The number of rotatable bonds is 4. The summed E-state index contributed by atoms with van der Waals surface area (Å²) in [6.07, 6.45) is 1.65. The van der Waals surface area contributed by atoms with Crippen LogP contribution >= 0.6 is 0 Å². The van der Waals surface area contributed by atoms with E-state index in [-0.39, 0.29) is 5.92 Å². The third-order valence-corrected chi connectivity index (χ3v) is 3.16. The molecular weight excluding hydrogens is 236 g/mol. The minimum atomic E-state index is 0.255. The Morgan fingerprint density at radius 2 is 1.42 bits per heavy atom. The Bertz CT molecular complexity index is 566. The molecule has 0 unspecified atom stereocenters. The highest BCUT2D eigenvalue weighted by Gasteiger charge is 2.14. The SMILES string of the molecule is c1ccc(C(Cn2cnnn2)c2ccccc2)cc1. The Balaban J connectivity index is 1.96. The molecule has 0 atom stereocenters. The fourth-order valence-corrected chi connectivity index (χ4v) is 2.22. The first kappa shape index (κ1) is 11.6. The average molecular weight is 250 g/mol. The zero-order chi connectivity index (χ0) is 12.9. The third kappa shape index (κ3) is 2.68. The Kier molecular flexibility index (Phi) is 3.32. The minimum absolute atomic E-state index is 0.255. The highest BCUT2D eigenvalue weighted by atomic mass is 15.5. The second-order valence-corrected chi connectivity index (χ2v) is 4.41. The number of nitrogens with zero attached hydrogens (tertiary/aromatic N) is 4. The molecule has 2 aromatic carbocycles. The number of hydrogen-bond donors (Lipinski definition) is 0. The van der Waals surface area contributed by atoms with Crippen molar-refractivity contribution in [3.05, 3.63) is 78.1 Å². The molecule has 0 fully saturated rings. The van der Waals surface area contributed by atoms with E-state index in [9.17, 15) is 0 Å². The molecule has 4 heteroatoms. The van der Waals surface area contributed by atoms with E-state index in [1.165, 1.54) is 11.1 Å². The van der Waals surface area contributed by atoms with E-state index in [1.807, 2.05) is 12.1 Å². The summed E-state index contributed by atoms with van der Waals surface area (Å²) in [5.41, 5.74) is 2.54. The van der Waals surface area contributed by atoms with Gasteiger partial charge < -0.3 is 0 Å². The third-order valence-electron chi connectivity index (χ3n) is 3.16. The lowest BCUT2D eigenvalue weighted by Gasteiger charge is -2.17. The predicted octanol–water partition coefficient (Wildman–Crippen LogP) is 2.51.